The molecule has 0 aliphatic carbocycles. The minimum absolute atomic E-state index is 0.196. The van der Waals surface area contributed by atoms with Crippen LogP contribution in [-0.2, 0) is 4.79 Å². The Morgan fingerprint density at radius 2 is 1.81 bits per heavy atom. The molecule has 1 amide bonds. The molecular weight excluding hydrogens is 330 g/mol. The van der Waals surface area contributed by atoms with Crippen LogP contribution in [0.5, 0.6) is 17.2 Å². The van der Waals surface area contributed by atoms with E-state index < -0.39 is 0 Å². The van der Waals surface area contributed by atoms with Gasteiger partial charge in [-0.25, -0.2) is 0 Å². The van der Waals surface area contributed by atoms with E-state index in [1.807, 2.05) is 49.4 Å². The highest BCUT2D eigenvalue weighted by atomic mass is 16.5. The molecule has 0 bridgehead atoms. The van der Waals surface area contributed by atoms with Gasteiger partial charge >= 0.3 is 0 Å². The summed E-state index contributed by atoms with van der Waals surface area (Å²) < 4.78 is 16.8. The maximum absolute atomic E-state index is 12.1. The van der Waals surface area contributed by atoms with Crippen LogP contribution in [0.15, 0.2) is 48.5 Å². The molecule has 0 saturated heterocycles. The number of carbonyl (C=O) groups excluding carboxylic acids is 1. The predicted octanol–water partition coefficient (Wildman–Crippen LogP) is 4.29. The van der Waals surface area contributed by atoms with Crippen LogP contribution in [0.2, 0.25) is 0 Å². The van der Waals surface area contributed by atoms with Crippen molar-refractivity contribution in [2.45, 2.75) is 19.8 Å². The summed E-state index contributed by atoms with van der Waals surface area (Å²) in [7, 11) is 0. The highest BCUT2D eigenvalue weighted by Crippen LogP contribution is 2.30. The lowest BCUT2D eigenvalue weighted by atomic mass is 10.1. The number of anilines is 1. The van der Waals surface area contributed by atoms with Crippen LogP contribution in [0.3, 0.4) is 0 Å². The predicted molar refractivity (Wildman–Crippen MR) is 102 cm³/mol. The minimum Gasteiger partial charge on any atom is -0.494 e. The molecule has 5 heteroatoms. The summed E-state index contributed by atoms with van der Waals surface area (Å²) in [5, 5.41) is 2.82. The fourth-order valence-corrected chi connectivity index (χ4v) is 2.59. The van der Waals surface area contributed by atoms with Gasteiger partial charge in [-0.2, -0.15) is 0 Å². The maximum atomic E-state index is 12.1. The van der Waals surface area contributed by atoms with Gasteiger partial charge in [-0.1, -0.05) is 6.07 Å². The Morgan fingerprint density at radius 1 is 1.08 bits per heavy atom. The van der Waals surface area contributed by atoms with Gasteiger partial charge in [0.2, 0.25) is 5.91 Å². The summed E-state index contributed by atoms with van der Waals surface area (Å²) in [6.45, 7) is 3.93. The van der Waals surface area contributed by atoms with Gasteiger partial charge in [-0.3, -0.25) is 4.79 Å². The largest absolute Gasteiger partial charge is 0.494 e. The van der Waals surface area contributed by atoms with Gasteiger partial charge in [0.25, 0.3) is 0 Å². The van der Waals surface area contributed by atoms with Crippen molar-refractivity contribution < 1.29 is 19.0 Å². The Labute approximate surface area is 153 Å². The van der Waals surface area contributed by atoms with Crippen LogP contribution < -0.4 is 19.5 Å². The molecule has 1 heterocycles. The van der Waals surface area contributed by atoms with E-state index in [-0.39, 0.29) is 5.91 Å². The van der Waals surface area contributed by atoms with Crippen molar-refractivity contribution in [3.8, 4) is 17.2 Å². The average Bonchev–Trinajstić information content (AvgIpc) is 2.63. The van der Waals surface area contributed by atoms with E-state index in [2.05, 4.69) is 5.32 Å². The number of carbonyl (C=O) groups is 1. The first-order valence-corrected chi connectivity index (χ1v) is 8.86. The van der Waals surface area contributed by atoms with Crippen molar-refractivity contribution in [2.75, 3.05) is 25.1 Å². The van der Waals surface area contributed by atoms with Crippen molar-refractivity contribution >= 4 is 17.7 Å². The molecule has 0 saturated carbocycles. The molecule has 0 aromatic heterocycles. The zero-order chi connectivity index (χ0) is 18.2. The van der Waals surface area contributed by atoms with Gasteiger partial charge in [0, 0.05) is 11.8 Å². The molecule has 2 aromatic carbocycles. The molecule has 0 atom stereocenters. The number of hydrogen-bond acceptors (Lipinski definition) is 4. The molecule has 2 aromatic rings. The third kappa shape index (κ3) is 5.02. The van der Waals surface area contributed by atoms with Gasteiger partial charge < -0.3 is 19.5 Å². The maximum Gasteiger partial charge on any atom is 0.248 e. The Kier molecular flexibility index (Phi) is 6.14. The van der Waals surface area contributed by atoms with Crippen LogP contribution >= 0.6 is 0 Å². The van der Waals surface area contributed by atoms with Crippen LogP contribution in [0.1, 0.15) is 25.3 Å². The number of hydrogen-bond donors (Lipinski definition) is 1. The zero-order valence-electron chi connectivity index (χ0n) is 14.9. The van der Waals surface area contributed by atoms with Crippen molar-refractivity contribution in [1.82, 2.24) is 0 Å². The first-order valence-electron chi connectivity index (χ1n) is 8.86. The molecule has 1 aliphatic rings. The van der Waals surface area contributed by atoms with Gasteiger partial charge in [-0.15, -0.1) is 0 Å². The summed E-state index contributed by atoms with van der Waals surface area (Å²) in [4.78, 5) is 12.1. The molecule has 0 spiro atoms. The second-order valence-electron chi connectivity index (χ2n) is 5.89. The van der Waals surface area contributed by atoms with Crippen LogP contribution in [0.25, 0.3) is 6.08 Å². The highest BCUT2D eigenvalue weighted by Gasteiger charge is 2.09. The molecule has 0 fully saturated rings. The standard InChI is InChI=1S/C21H23NO4/c1-2-24-18-9-7-17(8-10-18)22-21(23)12-6-16-5-11-19-20(15-16)26-14-4-3-13-25-19/h5-12,15H,2-4,13-14H2,1H3,(H,22,23)/b12-6+. The van der Waals surface area contributed by atoms with Crippen molar-refractivity contribution in [3.05, 3.63) is 54.1 Å². The third-order valence-corrected chi connectivity index (χ3v) is 3.88. The molecule has 1 N–H and O–H groups in total. The Bertz CT molecular complexity index is 768. The minimum atomic E-state index is -0.196. The summed E-state index contributed by atoms with van der Waals surface area (Å²) in [6.07, 6.45) is 5.23. The fraction of sp³-hybridized carbons (Fsp3) is 0.286. The Morgan fingerprint density at radius 3 is 2.54 bits per heavy atom. The summed E-state index contributed by atoms with van der Waals surface area (Å²) in [5.74, 6) is 2.06. The quantitative estimate of drug-likeness (QED) is 0.815. The molecule has 136 valence electrons. The number of ether oxygens (including phenoxy) is 3. The highest BCUT2D eigenvalue weighted by molar-refractivity contribution is 6.01. The van der Waals surface area contributed by atoms with Crippen LogP contribution in [0.4, 0.5) is 5.69 Å². The fourth-order valence-electron chi connectivity index (χ4n) is 2.59. The molecule has 0 unspecified atom stereocenters. The van der Waals surface area contributed by atoms with E-state index in [1.165, 1.54) is 6.08 Å². The van der Waals surface area contributed by atoms with E-state index in [4.69, 9.17) is 14.2 Å². The summed E-state index contributed by atoms with van der Waals surface area (Å²) >= 11 is 0. The molecule has 5 nitrogen and oxygen atoms in total. The van der Waals surface area contributed by atoms with Gasteiger partial charge in [0.1, 0.15) is 5.75 Å². The number of nitrogens with one attached hydrogen (secondary N) is 1. The smallest absolute Gasteiger partial charge is 0.248 e. The van der Waals surface area contributed by atoms with Crippen LogP contribution in [0, 0.1) is 0 Å². The van der Waals surface area contributed by atoms with E-state index in [1.54, 1.807) is 6.08 Å². The van der Waals surface area contributed by atoms with E-state index in [0.717, 1.165) is 41.3 Å². The Hall–Kier alpha value is -2.95. The molecule has 0 radical (unpaired) electrons. The lowest BCUT2D eigenvalue weighted by Gasteiger charge is -2.16. The van der Waals surface area contributed by atoms with E-state index in [0.29, 0.717) is 19.8 Å². The van der Waals surface area contributed by atoms with Crippen molar-refractivity contribution in [2.24, 2.45) is 0 Å². The van der Waals surface area contributed by atoms with E-state index in [9.17, 15) is 4.79 Å². The molecule has 26 heavy (non-hydrogen) atoms. The first-order chi connectivity index (χ1) is 12.7. The van der Waals surface area contributed by atoms with Gasteiger partial charge in [0.15, 0.2) is 11.5 Å². The second kappa shape index (κ2) is 8.94. The lowest BCUT2D eigenvalue weighted by molar-refractivity contribution is -0.111. The monoisotopic (exact) mass is 353 g/mol. The zero-order valence-corrected chi connectivity index (χ0v) is 14.9. The normalized spacial score (nSPS) is 13.7. The number of fused-ring (bicyclic) bond motifs is 1. The van der Waals surface area contributed by atoms with Crippen molar-refractivity contribution in [1.29, 1.82) is 0 Å². The topological polar surface area (TPSA) is 56.8 Å². The summed E-state index contributed by atoms with van der Waals surface area (Å²) in [5.41, 5.74) is 1.60. The molecular formula is C21H23NO4. The second-order valence-corrected chi connectivity index (χ2v) is 5.89. The Balaban J connectivity index is 1.61. The average molecular weight is 353 g/mol. The molecule has 1 aliphatic heterocycles. The van der Waals surface area contributed by atoms with Gasteiger partial charge in [-0.05, 0) is 67.8 Å². The number of amides is 1. The number of benzene rings is 2. The van der Waals surface area contributed by atoms with Crippen LogP contribution in [-0.4, -0.2) is 25.7 Å². The SMILES string of the molecule is CCOc1ccc(NC(=O)/C=C/c2ccc3c(c2)OCCCCO3)cc1. The third-order valence-electron chi connectivity index (χ3n) is 3.88. The summed E-state index contributed by atoms with van der Waals surface area (Å²) in [6, 6.07) is 13.0. The van der Waals surface area contributed by atoms with Gasteiger partial charge in [0.05, 0.1) is 19.8 Å². The van der Waals surface area contributed by atoms with Crippen molar-refractivity contribution in [3.63, 3.8) is 0 Å². The van der Waals surface area contributed by atoms with E-state index >= 15 is 0 Å². The first kappa shape index (κ1) is 17.9. The molecule has 3 rings (SSSR count). The lowest BCUT2D eigenvalue weighted by Crippen LogP contribution is -2.08. The number of rotatable bonds is 5.